The van der Waals surface area contributed by atoms with Crippen LogP contribution in [0.2, 0.25) is 0 Å². The second kappa shape index (κ2) is 3.26. The Kier molecular flexibility index (Phi) is 2.18. The topological polar surface area (TPSA) is 42.1 Å². The van der Waals surface area contributed by atoms with E-state index in [0.29, 0.717) is 6.42 Å². The number of carbonyl (C=O) groups excluding carboxylic acids is 1. The highest BCUT2D eigenvalue weighted by Crippen LogP contribution is 2.26. The fourth-order valence-electron chi connectivity index (χ4n) is 1.61. The number of ether oxygens (including phenoxy) is 1. The zero-order valence-electron chi connectivity index (χ0n) is 9.26. The van der Waals surface area contributed by atoms with Gasteiger partial charge in [-0.15, -0.1) is 0 Å². The van der Waals surface area contributed by atoms with Gasteiger partial charge in [0.2, 0.25) is 0 Å². The van der Waals surface area contributed by atoms with Crippen molar-refractivity contribution < 1.29 is 9.53 Å². The lowest BCUT2D eigenvalue weighted by Crippen LogP contribution is -2.24. The Balaban J connectivity index is 2.09. The normalized spacial score (nSPS) is 14.7. The van der Waals surface area contributed by atoms with Crippen LogP contribution in [0.5, 0.6) is 0 Å². The summed E-state index contributed by atoms with van der Waals surface area (Å²) in [6.45, 7) is 5.63. The van der Waals surface area contributed by atoms with Crippen LogP contribution >= 0.6 is 0 Å². The van der Waals surface area contributed by atoms with Gasteiger partial charge in [0.15, 0.2) is 0 Å². The molecule has 0 aliphatic heterocycles. The number of hydrogen-bond donors (Lipinski definition) is 1. The summed E-state index contributed by atoms with van der Waals surface area (Å²) in [5, 5.41) is 0. The van der Waals surface area contributed by atoms with Gasteiger partial charge in [0.05, 0.1) is 0 Å². The summed E-state index contributed by atoms with van der Waals surface area (Å²) < 4.78 is 5.30. The Bertz CT molecular complexity index is 421. The van der Waals surface area contributed by atoms with Crippen molar-refractivity contribution in [2.45, 2.75) is 32.8 Å². The number of hydrogen-bond acceptors (Lipinski definition) is 2. The lowest BCUT2D eigenvalue weighted by atomic mass is 10.1. The summed E-state index contributed by atoms with van der Waals surface area (Å²) in [6.07, 6.45) is 6.38. The molecule has 2 rings (SSSR count). The molecular weight excluding hydrogens is 190 g/mol. The van der Waals surface area contributed by atoms with Gasteiger partial charge in [0.1, 0.15) is 5.60 Å². The molecule has 3 nitrogen and oxygen atoms in total. The molecule has 1 aliphatic rings. The van der Waals surface area contributed by atoms with Gasteiger partial charge in [-0.3, -0.25) is 0 Å². The fourth-order valence-corrected chi connectivity index (χ4v) is 1.61. The number of H-pyrrole nitrogens is 1. The third-order valence-corrected chi connectivity index (χ3v) is 2.24. The fraction of sp³-hybridized carbons (Fsp3) is 0.417. The van der Waals surface area contributed by atoms with Gasteiger partial charge in [0.25, 0.3) is 0 Å². The number of aromatic nitrogens is 1. The predicted molar refractivity (Wildman–Crippen MR) is 58.3 cm³/mol. The molecule has 1 aromatic rings. The van der Waals surface area contributed by atoms with Gasteiger partial charge in [-0.05, 0) is 38.0 Å². The third kappa shape index (κ3) is 2.12. The molecule has 1 aliphatic carbocycles. The van der Waals surface area contributed by atoms with Crippen molar-refractivity contribution in [2.75, 3.05) is 0 Å². The highest BCUT2D eigenvalue weighted by molar-refractivity contribution is 5.96. The van der Waals surface area contributed by atoms with E-state index in [9.17, 15) is 4.79 Å². The quantitative estimate of drug-likeness (QED) is 0.715. The van der Waals surface area contributed by atoms with Crippen LogP contribution < -0.4 is 0 Å². The maximum Gasteiger partial charge on any atom is 0.334 e. The molecule has 1 heterocycles. The number of fused-ring (bicyclic) bond motifs is 1. The monoisotopic (exact) mass is 205 g/mol. The van der Waals surface area contributed by atoms with Gasteiger partial charge in [-0.25, -0.2) is 4.79 Å². The molecule has 1 aromatic heterocycles. The summed E-state index contributed by atoms with van der Waals surface area (Å²) in [6, 6.07) is 0. The SMILES string of the molecule is CC(C)(C)OC(=O)C1=Cc2c[nH]cc2C1. The highest BCUT2D eigenvalue weighted by Gasteiger charge is 2.24. The van der Waals surface area contributed by atoms with E-state index in [4.69, 9.17) is 4.74 Å². The molecule has 0 atom stereocenters. The molecule has 15 heavy (non-hydrogen) atoms. The van der Waals surface area contributed by atoms with Crippen LogP contribution in [0.3, 0.4) is 0 Å². The van der Waals surface area contributed by atoms with Gasteiger partial charge < -0.3 is 9.72 Å². The number of esters is 1. The van der Waals surface area contributed by atoms with Crippen molar-refractivity contribution in [1.82, 2.24) is 4.98 Å². The summed E-state index contributed by atoms with van der Waals surface area (Å²) in [7, 11) is 0. The highest BCUT2D eigenvalue weighted by atomic mass is 16.6. The van der Waals surface area contributed by atoms with E-state index in [1.807, 2.05) is 39.2 Å². The molecule has 0 fully saturated rings. The molecule has 0 radical (unpaired) electrons. The van der Waals surface area contributed by atoms with Crippen LogP contribution in [-0.2, 0) is 16.0 Å². The Morgan fingerprint density at radius 1 is 1.40 bits per heavy atom. The van der Waals surface area contributed by atoms with Crippen molar-refractivity contribution in [1.29, 1.82) is 0 Å². The lowest BCUT2D eigenvalue weighted by Gasteiger charge is -2.19. The summed E-state index contributed by atoms with van der Waals surface area (Å²) in [4.78, 5) is 14.7. The van der Waals surface area contributed by atoms with Crippen molar-refractivity contribution in [3.63, 3.8) is 0 Å². The maximum atomic E-state index is 11.7. The minimum atomic E-state index is -0.420. The van der Waals surface area contributed by atoms with Crippen LogP contribution in [-0.4, -0.2) is 16.6 Å². The van der Waals surface area contributed by atoms with Gasteiger partial charge in [-0.1, -0.05) is 0 Å². The largest absolute Gasteiger partial charge is 0.457 e. The standard InChI is InChI=1S/C12H15NO2/c1-12(2,3)15-11(14)8-4-9-6-13-7-10(9)5-8/h4,6-7,13H,5H2,1-3H3. The maximum absolute atomic E-state index is 11.7. The summed E-state index contributed by atoms with van der Waals surface area (Å²) >= 11 is 0. The molecule has 0 unspecified atom stereocenters. The summed E-state index contributed by atoms with van der Waals surface area (Å²) in [5.74, 6) is -0.210. The minimum absolute atomic E-state index is 0.210. The van der Waals surface area contributed by atoms with E-state index in [1.165, 1.54) is 0 Å². The smallest absolute Gasteiger partial charge is 0.334 e. The Morgan fingerprint density at radius 2 is 2.13 bits per heavy atom. The predicted octanol–water partition coefficient (Wildman–Crippen LogP) is 2.30. The van der Waals surface area contributed by atoms with Crippen LogP contribution in [0.4, 0.5) is 0 Å². The van der Waals surface area contributed by atoms with Crippen LogP contribution in [0.25, 0.3) is 6.08 Å². The first-order valence-corrected chi connectivity index (χ1v) is 5.05. The molecule has 80 valence electrons. The average Bonchev–Trinajstić information content (AvgIpc) is 2.56. The first kappa shape index (κ1) is 10.0. The van der Waals surface area contributed by atoms with E-state index in [1.54, 1.807) is 0 Å². The number of carbonyl (C=O) groups is 1. The van der Waals surface area contributed by atoms with Gasteiger partial charge >= 0.3 is 5.97 Å². The second-order valence-corrected chi connectivity index (χ2v) is 4.78. The summed E-state index contributed by atoms with van der Waals surface area (Å²) in [5.41, 5.74) is 2.58. The number of aromatic amines is 1. The number of nitrogens with one attached hydrogen (secondary N) is 1. The zero-order chi connectivity index (χ0) is 11.1. The third-order valence-electron chi connectivity index (χ3n) is 2.24. The van der Waals surface area contributed by atoms with E-state index in [-0.39, 0.29) is 5.97 Å². The molecular formula is C12H15NO2. The minimum Gasteiger partial charge on any atom is -0.457 e. The molecule has 0 saturated carbocycles. The van der Waals surface area contributed by atoms with Crippen molar-refractivity contribution in [3.8, 4) is 0 Å². The number of rotatable bonds is 1. The second-order valence-electron chi connectivity index (χ2n) is 4.78. The average molecular weight is 205 g/mol. The van der Waals surface area contributed by atoms with Crippen molar-refractivity contribution in [3.05, 3.63) is 29.1 Å². The Morgan fingerprint density at radius 3 is 2.73 bits per heavy atom. The molecule has 0 saturated heterocycles. The Labute approximate surface area is 89.1 Å². The van der Waals surface area contributed by atoms with E-state index in [0.717, 1.165) is 16.7 Å². The molecule has 0 aromatic carbocycles. The van der Waals surface area contributed by atoms with Crippen LogP contribution in [0.15, 0.2) is 18.0 Å². The first-order valence-electron chi connectivity index (χ1n) is 5.05. The van der Waals surface area contributed by atoms with E-state index < -0.39 is 5.60 Å². The zero-order valence-corrected chi connectivity index (χ0v) is 9.26. The molecule has 0 amide bonds. The van der Waals surface area contributed by atoms with Gasteiger partial charge in [0, 0.05) is 24.4 Å². The van der Waals surface area contributed by atoms with Gasteiger partial charge in [-0.2, -0.15) is 0 Å². The Hall–Kier alpha value is -1.51. The van der Waals surface area contributed by atoms with Crippen molar-refractivity contribution in [2.24, 2.45) is 0 Å². The van der Waals surface area contributed by atoms with Crippen LogP contribution in [0.1, 0.15) is 31.9 Å². The molecule has 0 bridgehead atoms. The van der Waals surface area contributed by atoms with E-state index >= 15 is 0 Å². The molecule has 3 heteroatoms. The van der Waals surface area contributed by atoms with Crippen molar-refractivity contribution >= 4 is 12.0 Å². The van der Waals surface area contributed by atoms with Crippen LogP contribution in [0, 0.1) is 0 Å². The van der Waals surface area contributed by atoms with E-state index in [2.05, 4.69) is 4.98 Å². The molecule has 0 spiro atoms. The molecule has 1 N–H and O–H groups in total. The lowest BCUT2D eigenvalue weighted by molar-refractivity contribution is -0.149. The first-order chi connectivity index (χ1) is 6.96.